The molecule has 1 saturated heterocycles. The van der Waals surface area contributed by atoms with Crippen molar-refractivity contribution in [3.63, 3.8) is 0 Å². The van der Waals surface area contributed by atoms with Gasteiger partial charge in [0.15, 0.2) is 5.76 Å². The molecule has 2 heterocycles. The third kappa shape index (κ3) is 4.67. The molecule has 26 heavy (non-hydrogen) atoms. The lowest BCUT2D eigenvalue weighted by Crippen LogP contribution is -2.39. The summed E-state index contributed by atoms with van der Waals surface area (Å²) in [5, 5.41) is 0. The number of benzene rings is 1. The first-order valence-electron chi connectivity index (χ1n) is 9.19. The molecule has 0 bridgehead atoms. The Labute approximate surface area is 154 Å². The van der Waals surface area contributed by atoms with Crippen molar-refractivity contribution < 1.29 is 18.7 Å². The summed E-state index contributed by atoms with van der Waals surface area (Å²) in [6.07, 6.45) is 4.29. The second-order valence-electron chi connectivity index (χ2n) is 6.85. The molecule has 1 amide bonds. The molecule has 2 aromatic rings. The van der Waals surface area contributed by atoms with Crippen LogP contribution in [0, 0.1) is 5.92 Å². The third-order valence-corrected chi connectivity index (χ3v) is 4.94. The van der Waals surface area contributed by atoms with Gasteiger partial charge in [-0.3, -0.25) is 4.79 Å². The normalized spacial score (nSPS) is 17.3. The summed E-state index contributed by atoms with van der Waals surface area (Å²) in [4.78, 5) is 14.6. The van der Waals surface area contributed by atoms with Gasteiger partial charge in [-0.15, -0.1) is 0 Å². The van der Waals surface area contributed by atoms with Gasteiger partial charge >= 0.3 is 0 Å². The van der Waals surface area contributed by atoms with Gasteiger partial charge in [0.05, 0.1) is 7.11 Å². The minimum Gasteiger partial charge on any atom is -0.497 e. The number of furan rings is 1. The Hall–Kier alpha value is -2.27. The van der Waals surface area contributed by atoms with Gasteiger partial charge in [0.25, 0.3) is 5.91 Å². The van der Waals surface area contributed by atoms with E-state index in [4.69, 9.17) is 13.9 Å². The molecule has 1 fully saturated rings. The SMILES string of the molecule is COCc1ccc(C(=O)N2CCC[C@@H](CCc3cccc(OC)c3)C2)o1. The molecule has 0 saturated carbocycles. The van der Waals surface area contributed by atoms with Crippen LogP contribution >= 0.6 is 0 Å². The van der Waals surface area contributed by atoms with Crippen LogP contribution < -0.4 is 4.74 Å². The number of carbonyl (C=O) groups excluding carboxylic acids is 1. The summed E-state index contributed by atoms with van der Waals surface area (Å²) < 4.78 is 15.9. The van der Waals surface area contributed by atoms with Gasteiger partial charge in [0.1, 0.15) is 18.1 Å². The molecule has 5 heteroatoms. The zero-order chi connectivity index (χ0) is 18.4. The number of ether oxygens (including phenoxy) is 2. The molecule has 1 atom stereocenters. The molecule has 1 aliphatic heterocycles. The Kier molecular flexibility index (Phi) is 6.34. The summed E-state index contributed by atoms with van der Waals surface area (Å²) in [7, 11) is 3.30. The maximum atomic E-state index is 12.7. The fourth-order valence-corrected chi connectivity index (χ4v) is 3.55. The lowest BCUT2D eigenvalue weighted by molar-refractivity contribution is 0.0629. The minimum absolute atomic E-state index is 0.0153. The molecule has 0 unspecified atom stereocenters. The standard InChI is InChI=1S/C21H27NO4/c1-24-15-19-10-11-20(26-19)21(23)22-12-4-6-17(14-22)9-8-16-5-3-7-18(13-16)25-2/h3,5,7,10-11,13,17H,4,6,8-9,12,14-15H2,1-2H3/t17-/m0/s1. The topological polar surface area (TPSA) is 51.9 Å². The first kappa shape index (κ1) is 18.5. The molecule has 140 valence electrons. The van der Waals surface area contributed by atoms with Crippen molar-refractivity contribution in [2.24, 2.45) is 5.92 Å². The van der Waals surface area contributed by atoms with Crippen molar-refractivity contribution in [1.29, 1.82) is 0 Å². The molecule has 0 radical (unpaired) electrons. The summed E-state index contributed by atoms with van der Waals surface area (Å²) >= 11 is 0. The second kappa shape index (κ2) is 8.90. The van der Waals surface area contributed by atoms with Gasteiger partial charge < -0.3 is 18.8 Å². The average Bonchev–Trinajstić information content (AvgIpc) is 3.15. The maximum Gasteiger partial charge on any atom is 0.289 e. The van der Waals surface area contributed by atoms with Gasteiger partial charge in [-0.1, -0.05) is 12.1 Å². The second-order valence-corrected chi connectivity index (χ2v) is 6.85. The fourth-order valence-electron chi connectivity index (χ4n) is 3.55. The molecule has 5 nitrogen and oxygen atoms in total. The van der Waals surface area contributed by atoms with E-state index in [0.717, 1.165) is 38.1 Å². The highest BCUT2D eigenvalue weighted by molar-refractivity contribution is 5.91. The molecule has 1 aliphatic rings. The van der Waals surface area contributed by atoms with E-state index in [9.17, 15) is 4.79 Å². The molecule has 3 rings (SSSR count). The number of nitrogens with zero attached hydrogens (tertiary/aromatic N) is 1. The third-order valence-electron chi connectivity index (χ3n) is 4.94. The van der Waals surface area contributed by atoms with Crippen molar-refractivity contribution in [1.82, 2.24) is 4.90 Å². The van der Waals surface area contributed by atoms with Crippen molar-refractivity contribution in [3.05, 3.63) is 53.5 Å². The number of carbonyl (C=O) groups is 1. The highest BCUT2D eigenvalue weighted by Gasteiger charge is 2.26. The Morgan fingerprint density at radius 3 is 2.96 bits per heavy atom. The van der Waals surface area contributed by atoms with Crippen LogP contribution in [-0.4, -0.2) is 38.1 Å². The first-order valence-corrected chi connectivity index (χ1v) is 9.19. The number of rotatable bonds is 7. The molecule has 1 aromatic heterocycles. The summed E-state index contributed by atoms with van der Waals surface area (Å²) in [6.45, 7) is 1.98. The summed E-state index contributed by atoms with van der Waals surface area (Å²) in [5.74, 6) is 2.49. The number of amides is 1. The van der Waals surface area contributed by atoms with Crippen LogP contribution in [0.5, 0.6) is 5.75 Å². The lowest BCUT2D eigenvalue weighted by Gasteiger charge is -2.32. The fraction of sp³-hybridized carbons (Fsp3) is 0.476. The van der Waals surface area contributed by atoms with E-state index in [1.807, 2.05) is 17.0 Å². The van der Waals surface area contributed by atoms with Gasteiger partial charge in [-0.25, -0.2) is 0 Å². The average molecular weight is 357 g/mol. The van der Waals surface area contributed by atoms with Crippen molar-refractivity contribution in [3.8, 4) is 5.75 Å². The molecule has 1 aromatic carbocycles. The summed E-state index contributed by atoms with van der Waals surface area (Å²) in [6, 6.07) is 11.8. The number of hydrogen-bond donors (Lipinski definition) is 0. The van der Waals surface area contributed by atoms with Crippen molar-refractivity contribution in [2.45, 2.75) is 32.3 Å². The van der Waals surface area contributed by atoms with Crippen LogP contribution in [0.4, 0.5) is 0 Å². The smallest absolute Gasteiger partial charge is 0.289 e. The van der Waals surface area contributed by atoms with E-state index in [1.165, 1.54) is 12.0 Å². The van der Waals surface area contributed by atoms with Crippen molar-refractivity contribution >= 4 is 5.91 Å². The van der Waals surface area contributed by atoms with Crippen LogP contribution in [0.2, 0.25) is 0 Å². The van der Waals surface area contributed by atoms with Gasteiger partial charge in [0.2, 0.25) is 0 Å². The number of piperidine rings is 1. The highest BCUT2D eigenvalue weighted by atomic mass is 16.5. The Morgan fingerprint density at radius 1 is 1.27 bits per heavy atom. The number of aryl methyl sites for hydroxylation is 1. The van der Waals surface area contributed by atoms with Crippen LogP contribution in [-0.2, 0) is 17.8 Å². The van der Waals surface area contributed by atoms with Crippen LogP contribution in [0.15, 0.2) is 40.8 Å². The molecule has 0 N–H and O–H groups in total. The molecule has 0 spiro atoms. The van der Waals surface area contributed by atoms with Gasteiger partial charge in [-0.2, -0.15) is 0 Å². The van der Waals surface area contributed by atoms with Gasteiger partial charge in [0, 0.05) is 20.2 Å². The van der Waals surface area contributed by atoms with Gasteiger partial charge in [-0.05, 0) is 61.4 Å². The molecular weight excluding hydrogens is 330 g/mol. The zero-order valence-electron chi connectivity index (χ0n) is 15.6. The predicted octanol–water partition coefficient (Wildman–Crippen LogP) is 3.92. The Morgan fingerprint density at radius 2 is 2.15 bits per heavy atom. The summed E-state index contributed by atoms with van der Waals surface area (Å²) in [5.41, 5.74) is 1.28. The number of likely N-dealkylation sites (tertiary alicyclic amines) is 1. The van der Waals surface area contributed by atoms with E-state index in [0.29, 0.717) is 24.0 Å². The van der Waals surface area contributed by atoms with E-state index >= 15 is 0 Å². The zero-order valence-corrected chi connectivity index (χ0v) is 15.6. The highest BCUT2D eigenvalue weighted by Crippen LogP contribution is 2.24. The maximum absolute atomic E-state index is 12.7. The van der Waals surface area contributed by atoms with E-state index in [1.54, 1.807) is 26.4 Å². The molecule has 0 aliphatic carbocycles. The van der Waals surface area contributed by atoms with Crippen LogP contribution in [0.1, 0.15) is 41.1 Å². The largest absolute Gasteiger partial charge is 0.497 e. The monoisotopic (exact) mass is 357 g/mol. The van der Waals surface area contributed by atoms with Crippen molar-refractivity contribution in [2.75, 3.05) is 27.3 Å². The minimum atomic E-state index is -0.0153. The van der Waals surface area contributed by atoms with E-state index in [-0.39, 0.29) is 5.91 Å². The number of methoxy groups -OCH3 is 2. The molecular formula is C21H27NO4. The Bertz CT molecular complexity index is 724. The lowest BCUT2D eigenvalue weighted by atomic mass is 9.91. The van der Waals surface area contributed by atoms with Crippen LogP contribution in [0.25, 0.3) is 0 Å². The van der Waals surface area contributed by atoms with Crippen LogP contribution in [0.3, 0.4) is 0 Å². The van der Waals surface area contributed by atoms with E-state index in [2.05, 4.69) is 12.1 Å². The Balaban J connectivity index is 1.55. The predicted molar refractivity (Wildman–Crippen MR) is 99.4 cm³/mol. The first-order chi connectivity index (χ1) is 12.7. The number of hydrogen-bond acceptors (Lipinski definition) is 4. The quantitative estimate of drug-likeness (QED) is 0.754. The van der Waals surface area contributed by atoms with E-state index < -0.39 is 0 Å².